The summed E-state index contributed by atoms with van der Waals surface area (Å²) in [6, 6.07) is 10.2. The lowest BCUT2D eigenvalue weighted by atomic mass is 9.80. The first-order valence-electron chi connectivity index (χ1n) is 6.59. The minimum absolute atomic E-state index is 0.0918. The highest BCUT2D eigenvalue weighted by Gasteiger charge is 2.31. The maximum absolute atomic E-state index is 12.2. The minimum Gasteiger partial charge on any atom is -0.355 e. The summed E-state index contributed by atoms with van der Waals surface area (Å²) in [6.07, 6.45) is 2.07. The molecule has 2 rings (SSSR count). The quantitative estimate of drug-likeness (QED) is 0.851. The van der Waals surface area contributed by atoms with Gasteiger partial charge in [-0.05, 0) is 38.2 Å². The zero-order valence-electron chi connectivity index (χ0n) is 11.1. The number of benzene rings is 1. The lowest BCUT2D eigenvalue weighted by Gasteiger charge is -2.33. The Kier molecular flexibility index (Phi) is 3.71. The first-order valence-corrected chi connectivity index (χ1v) is 6.59. The topological polar surface area (TPSA) is 55.1 Å². The Morgan fingerprint density at radius 3 is 2.50 bits per heavy atom. The molecule has 1 aromatic carbocycles. The SMILES string of the molecule is CC(C)(C(=O)NCC1CC(N)C1)c1ccccc1. The van der Waals surface area contributed by atoms with E-state index in [4.69, 9.17) is 5.73 Å². The van der Waals surface area contributed by atoms with E-state index in [1.807, 2.05) is 44.2 Å². The van der Waals surface area contributed by atoms with Crippen molar-refractivity contribution >= 4 is 5.91 Å². The van der Waals surface area contributed by atoms with Crippen molar-refractivity contribution in [1.29, 1.82) is 0 Å². The summed E-state index contributed by atoms with van der Waals surface area (Å²) < 4.78 is 0. The fourth-order valence-electron chi connectivity index (χ4n) is 2.40. The van der Waals surface area contributed by atoms with Gasteiger partial charge in [0, 0.05) is 12.6 Å². The first-order chi connectivity index (χ1) is 8.50. The standard InChI is InChI=1S/C15H22N2O/c1-15(2,12-6-4-3-5-7-12)14(18)17-10-11-8-13(16)9-11/h3-7,11,13H,8-10,16H2,1-2H3,(H,17,18). The highest BCUT2D eigenvalue weighted by molar-refractivity contribution is 5.87. The second-order valence-electron chi connectivity index (χ2n) is 5.80. The van der Waals surface area contributed by atoms with Crippen molar-refractivity contribution in [3.63, 3.8) is 0 Å². The van der Waals surface area contributed by atoms with E-state index < -0.39 is 5.41 Å². The maximum atomic E-state index is 12.2. The summed E-state index contributed by atoms with van der Waals surface area (Å²) in [5, 5.41) is 3.05. The van der Waals surface area contributed by atoms with E-state index in [0.29, 0.717) is 12.0 Å². The summed E-state index contributed by atoms with van der Waals surface area (Å²) in [7, 11) is 0. The Morgan fingerprint density at radius 1 is 1.33 bits per heavy atom. The molecule has 18 heavy (non-hydrogen) atoms. The van der Waals surface area contributed by atoms with Crippen LogP contribution in [0.25, 0.3) is 0 Å². The molecule has 98 valence electrons. The van der Waals surface area contributed by atoms with E-state index in [9.17, 15) is 4.79 Å². The average molecular weight is 246 g/mol. The summed E-state index contributed by atoms with van der Waals surface area (Å²) in [6.45, 7) is 4.68. The summed E-state index contributed by atoms with van der Waals surface area (Å²) in [5.41, 5.74) is 6.31. The lowest BCUT2D eigenvalue weighted by Crippen LogP contribution is -2.46. The third-order valence-electron chi connectivity index (χ3n) is 3.89. The Balaban J connectivity index is 1.91. The molecule has 1 aliphatic rings. The molecule has 0 unspecified atom stereocenters. The number of carbonyl (C=O) groups is 1. The molecule has 0 spiro atoms. The molecule has 0 saturated heterocycles. The van der Waals surface area contributed by atoms with Crippen LogP contribution in [0.5, 0.6) is 0 Å². The molecule has 0 bridgehead atoms. The molecule has 0 radical (unpaired) electrons. The Labute approximate surface area is 109 Å². The van der Waals surface area contributed by atoms with Gasteiger partial charge in [-0.2, -0.15) is 0 Å². The van der Waals surface area contributed by atoms with Crippen LogP contribution in [0.2, 0.25) is 0 Å². The maximum Gasteiger partial charge on any atom is 0.230 e. The van der Waals surface area contributed by atoms with Gasteiger partial charge in [0.25, 0.3) is 0 Å². The molecule has 1 aromatic rings. The van der Waals surface area contributed by atoms with Gasteiger partial charge in [-0.15, -0.1) is 0 Å². The third kappa shape index (κ3) is 2.72. The number of hydrogen-bond acceptors (Lipinski definition) is 2. The first kappa shape index (κ1) is 13.1. The number of hydrogen-bond donors (Lipinski definition) is 2. The monoisotopic (exact) mass is 246 g/mol. The highest BCUT2D eigenvalue weighted by atomic mass is 16.2. The molecule has 3 nitrogen and oxygen atoms in total. The largest absolute Gasteiger partial charge is 0.355 e. The van der Waals surface area contributed by atoms with Crippen molar-refractivity contribution in [2.45, 2.75) is 38.1 Å². The van der Waals surface area contributed by atoms with Crippen LogP contribution < -0.4 is 11.1 Å². The average Bonchev–Trinajstić information content (AvgIpc) is 2.34. The zero-order chi connectivity index (χ0) is 13.2. The summed E-state index contributed by atoms with van der Waals surface area (Å²) in [5.74, 6) is 0.657. The normalized spacial score (nSPS) is 23.3. The third-order valence-corrected chi connectivity index (χ3v) is 3.89. The Morgan fingerprint density at radius 2 is 1.94 bits per heavy atom. The van der Waals surface area contributed by atoms with Gasteiger partial charge in [0.05, 0.1) is 5.41 Å². The van der Waals surface area contributed by atoms with E-state index >= 15 is 0 Å². The molecule has 1 fully saturated rings. The molecule has 1 aliphatic carbocycles. The van der Waals surface area contributed by atoms with E-state index in [1.54, 1.807) is 0 Å². The number of rotatable bonds is 4. The summed E-state index contributed by atoms with van der Waals surface area (Å²) >= 11 is 0. The van der Waals surface area contributed by atoms with Gasteiger partial charge in [0.2, 0.25) is 5.91 Å². The second kappa shape index (κ2) is 5.11. The van der Waals surface area contributed by atoms with Gasteiger partial charge in [-0.1, -0.05) is 30.3 Å². The number of carbonyl (C=O) groups excluding carboxylic acids is 1. The fraction of sp³-hybridized carbons (Fsp3) is 0.533. The van der Waals surface area contributed by atoms with Crippen LogP contribution in [-0.4, -0.2) is 18.5 Å². The Bertz CT molecular complexity index is 408. The van der Waals surface area contributed by atoms with Crippen molar-refractivity contribution in [2.75, 3.05) is 6.54 Å². The minimum atomic E-state index is -0.479. The van der Waals surface area contributed by atoms with Crippen LogP contribution in [0.4, 0.5) is 0 Å². The number of amides is 1. The molecule has 0 aliphatic heterocycles. The molecule has 3 N–H and O–H groups in total. The molecular formula is C15H22N2O. The van der Waals surface area contributed by atoms with Crippen LogP contribution in [0.15, 0.2) is 30.3 Å². The van der Waals surface area contributed by atoms with Crippen molar-refractivity contribution in [1.82, 2.24) is 5.32 Å². The van der Waals surface area contributed by atoms with Gasteiger partial charge >= 0.3 is 0 Å². The lowest BCUT2D eigenvalue weighted by molar-refractivity contribution is -0.126. The van der Waals surface area contributed by atoms with E-state index in [0.717, 1.165) is 24.9 Å². The van der Waals surface area contributed by atoms with Crippen LogP contribution in [0.1, 0.15) is 32.3 Å². The smallest absolute Gasteiger partial charge is 0.230 e. The summed E-state index contributed by atoms with van der Waals surface area (Å²) in [4.78, 5) is 12.2. The van der Waals surface area contributed by atoms with Gasteiger partial charge < -0.3 is 11.1 Å². The van der Waals surface area contributed by atoms with Crippen LogP contribution in [-0.2, 0) is 10.2 Å². The molecule has 3 heteroatoms. The van der Waals surface area contributed by atoms with Gasteiger partial charge in [0.1, 0.15) is 0 Å². The van der Waals surface area contributed by atoms with Gasteiger partial charge in [0.15, 0.2) is 0 Å². The van der Waals surface area contributed by atoms with Crippen LogP contribution >= 0.6 is 0 Å². The molecular weight excluding hydrogens is 224 g/mol. The predicted molar refractivity (Wildman–Crippen MR) is 73.2 cm³/mol. The van der Waals surface area contributed by atoms with Crippen molar-refractivity contribution in [2.24, 2.45) is 11.7 Å². The fourth-order valence-corrected chi connectivity index (χ4v) is 2.40. The molecule has 0 aromatic heterocycles. The van der Waals surface area contributed by atoms with E-state index in [-0.39, 0.29) is 5.91 Å². The highest BCUT2D eigenvalue weighted by Crippen LogP contribution is 2.26. The number of nitrogens with one attached hydrogen (secondary N) is 1. The van der Waals surface area contributed by atoms with Crippen molar-refractivity contribution < 1.29 is 4.79 Å². The number of nitrogens with two attached hydrogens (primary N) is 1. The van der Waals surface area contributed by atoms with Gasteiger partial charge in [-0.3, -0.25) is 4.79 Å². The molecule has 0 heterocycles. The molecule has 1 saturated carbocycles. The van der Waals surface area contributed by atoms with Crippen LogP contribution in [0.3, 0.4) is 0 Å². The predicted octanol–water partition coefficient (Wildman–Crippen LogP) is 1.82. The molecule has 1 amide bonds. The van der Waals surface area contributed by atoms with Gasteiger partial charge in [-0.25, -0.2) is 0 Å². The van der Waals surface area contributed by atoms with Crippen molar-refractivity contribution in [3.05, 3.63) is 35.9 Å². The van der Waals surface area contributed by atoms with Crippen LogP contribution in [0, 0.1) is 5.92 Å². The zero-order valence-corrected chi connectivity index (χ0v) is 11.1. The van der Waals surface area contributed by atoms with Crippen molar-refractivity contribution in [3.8, 4) is 0 Å². The molecule has 0 atom stereocenters. The van der Waals surface area contributed by atoms with E-state index in [1.165, 1.54) is 0 Å². The van der Waals surface area contributed by atoms with E-state index in [2.05, 4.69) is 5.32 Å². The second-order valence-corrected chi connectivity index (χ2v) is 5.80. The Hall–Kier alpha value is -1.35.